The van der Waals surface area contributed by atoms with E-state index in [-0.39, 0.29) is 29.3 Å². The first-order valence-electron chi connectivity index (χ1n) is 10.4. The minimum absolute atomic E-state index is 0.0129. The van der Waals surface area contributed by atoms with Gasteiger partial charge in [-0.25, -0.2) is 0 Å². The lowest BCUT2D eigenvalue weighted by molar-refractivity contribution is -0.135. The molecule has 0 unspecified atom stereocenters. The number of hydrogen-bond donors (Lipinski definition) is 1. The van der Waals surface area contributed by atoms with Crippen LogP contribution < -0.4 is 11.3 Å². The van der Waals surface area contributed by atoms with E-state index < -0.39 is 6.04 Å². The van der Waals surface area contributed by atoms with E-state index in [1.54, 1.807) is 6.07 Å². The zero-order valence-corrected chi connectivity index (χ0v) is 17.2. The summed E-state index contributed by atoms with van der Waals surface area (Å²) in [5, 5.41) is 0. The molecule has 1 aromatic heterocycles. The fraction of sp³-hybridized carbons (Fsp3) is 0.478. The van der Waals surface area contributed by atoms with E-state index in [1.807, 2.05) is 66.0 Å². The first kappa shape index (κ1) is 19.9. The summed E-state index contributed by atoms with van der Waals surface area (Å²) in [6.45, 7) is 2.08. The lowest BCUT2D eigenvalue weighted by Crippen LogP contribution is -2.55. The number of rotatable bonds is 5. The van der Waals surface area contributed by atoms with Gasteiger partial charge in [0.2, 0.25) is 5.91 Å². The standard InChI is InChI=1S/C23H30N4O2/c1-25(2)15-21-18-12-17(20-9-6-10-22(28)27(20)21)13-26(14-18)23(29)19(24)11-16-7-4-3-5-8-16/h3-10,17-19,21H,11-15,24H2,1-2H3/t17-,18+,19-,21+/m1/s1. The number of carbonyl (C=O) groups is 1. The number of amides is 1. The van der Waals surface area contributed by atoms with Crippen molar-refractivity contribution >= 4 is 5.91 Å². The van der Waals surface area contributed by atoms with E-state index in [4.69, 9.17) is 5.73 Å². The van der Waals surface area contributed by atoms with Gasteiger partial charge in [0, 0.05) is 37.3 Å². The van der Waals surface area contributed by atoms with Crippen LogP contribution in [0.5, 0.6) is 0 Å². The number of nitrogens with zero attached hydrogens (tertiary/aromatic N) is 3. The molecule has 4 atom stereocenters. The third-order valence-electron chi connectivity index (χ3n) is 6.28. The first-order chi connectivity index (χ1) is 13.9. The second-order valence-electron chi connectivity index (χ2n) is 8.72. The van der Waals surface area contributed by atoms with Gasteiger partial charge in [0.15, 0.2) is 0 Å². The smallest absolute Gasteiger partial charge is 0.251 e. The molecule has 0 aliphatic carbocycles. The van der Waals surface area contributed by atoms with Gasteiger partial charge in [0.1, 0.15) is 0 Å². The number of piperidine rings is 1. The molecule has 6 nitrogen and oxygen atoms in total. The van der Waals surface area contributed by atoms with Gasteiger partial charge >= 0.3 is 0 Å². The average molecular weight is 395 g/mol. The third kappa shape index (κ3) is 4.00. The molecular formula is C23H30N4O2. The zero-order chi connectivity index (χ0) is 20.5. The lowest BCUT2D eigenvalue weighted by atomic mass is 9.78. The van der Waals surface area contributed by atoms with Crippen LogP contribution in [0.25, 0.3) is 0 Å². The van der Waals surface area contributed by atoms with Gasteiger partial charge in [-0.15, -0.1) is 0 Å². The Balaban J connectivity index is 1.58. The summed E-state index contributed by atoms with van der Waals surface area (Å²) >= 11 is 0. The summed E-state index contributed by atoms with van der Waals surface area (Å²) in [4.78, 5) is 29.9. The van der Waals surface area contributed by atoms with E-state index in [0.717, 1.165) is 24.2 Å². The number of likely N-dealkylation sites (N-methyl/N-ethyl adjacent to an activating group) is 1. The second-order valence-corrected chi connectivity index (χ2v) is 8.72. The predicted molar refractivity (Wildman–Crippen MR) is 114 cm³/mol. The van der Waals surface area contributed by atoms with Crippen LogP contribution in [0.15, 0.2) is 53.3 Å². The fourth-order valence-corrected chi connectivity index (χ4v) is 5.02. The highest BCUT2D eigenvalue weighted by atomic mass is 16.2. The van der Waals surface area contributed by atoms with Crippen LogP contribution in [0.4, 0.5) is 0 Å². The van der Waals surface area contributed by atoms with E-state index >= 15 is 0 Å². The highest BCUT2D eigenvalue weighted by Crippen LogP contribution is 2.41. The maximum atomic E-state index is 13.2. The van der Waals surface area contributed by atoms with Gasteiger partial charge in [-0.3, -0.25) is 9.59 Å². The molecule has 3 heterocycles. The summed E-state index contributed by atoms with van der Waals surface area (Å²) in [6, 6.07) is 15.0. The van der Waals surface area contributed by atoms with Crippen molar-refractivity contribution in [2.24, 2.45) is 11.7 Å². The number of fused-ring (bicyclic) bond motifs is 4. The van der Waals surface area contributed by atoms with Gasteiger partial charge in [-0.1, -0.05) is 36.4 Å². The number of aromatic nitrogens is 1. The maximum absolute atomic E-state index is 13.2. The molecule has 29 heavy (non-hydrogen) atoms. The number of carbonyl (C=O) groups excluding carboxylic acids is 1. The van der Waals surface area contributed by atoms with E-state index in [0.29, 0.717) is 19.5 Å². The Morgan fingerprint density at radius 1 is 1.14 bits per heavy atom. The number of benzene rings is 1. The zero-order valence-electron chi connectivity index (χ0n) is 17.2. The summed E-state index contributed by atoms with van der Waals surface area (Å²) in [5.74, 6) is 0.462. The number of pyridine rings is 1. The summed E-state index contributed by atoms with van der Waals surface area (Å²) in [6.07, 6.45) is 1.56. The van der Waals surface area contributed by atoms with Crippen LogP contribution in [0.2, 0.25) is 0 Å². The SMILES string of the molecule is CN(C)C[C@H]1[C@H]2C[C@H](CN(C(=O)[C@H](N)Cc3ccccc3)C2)c2cccc(=O)n21. The van der Waals surface area contributed by atoms with Crippen molar-refractivity contribution in [3.63, 3.8) is 0 Å². The summed E-state index contributed by atoms with van der Waals surface area (Å²) in [7, 11) is 4.06. The molecule has 1 fully saturated rings. The molecule has 4 rings (SSSR count). The van der Waals surface area contributed by atoms with E-state index in [1.165, 1.54) is 0 Å². The molecule has 6 heteroatoms. The van der Waals surface area contributed by atoms with Gasteiger partial charge in [-0.2, -0.15) is 0 Å². The number of nitrogens with two attached hydrogens (primary N) is 1. The molecule has 1 saturated heterocycles. The van der Waals surface area contributed by atoms with Crippen molar-refractivity contribution < 1.29 is 4.79 Å². The van der Waals surface area contributed by atoms with Crippen LogP contribution in [-0.2, 0) is 11.2 Å². The lowest BCUT2D eigenvalue weighted by Gasteiger charge is -2.48. The first-order valence-corrected chi connectivity index (χ1v) is 10.4. The molecule has 2 aliphatic heterocycles. The third-order valence-corrected chi connectivity index (χ3v) is 6.28. The van der Waals surface area contributed by atoms with Crippen molar-refractivity contribution in [2.45, 2.75) is 30.8 Å². The maximum Gasteiger partial charge on any atom is 0.251 e. The van der Waals surface area contributed by atoms with E-state index in [9.17, 15) is 9.59 Å². The van der Waals surface area contributed by atoms with Crippen molar-refractivity contribution in [3.05, 3.63) is 70.1 Å². The monoisotopic (exact) mass is 394 g/mol. The molecule has 2 aromatic rings. The predicted octanol–water partition coefficient (Wildman–Crippen LogP) is 1.47. The molecule has 0 spiro atoms. The minimum atomic E-state index is -0.540. The van der Waals surface area contributed by atoms with Crippen LogP contribution in [-0.4, -0.2) is 60.0 Å². The average Bonchev–Trinajstić information content (AvgIpc) is 2.71. The molecule has 2 aliphatic rings. The molecular weight excluding hydrogens is 364 g/mol. The Hall–Kier alpha value is -2.44. The summed E-state index contributed by atoms with van der Waals surface area (Å²) < 4.78 is 1.98. The Morgan fingerprint density at radius 2 is 1.90 bits per heavy atom. The quantitative estimate of drug-likeness (QED) is 0.834. The molecule has 2 bridgehead atoms. The number of hydrogen-bond acceptors (Lipinski definition) is 4. The highest BCUT2D eigenvalue weighted by Gasteiger charge is 2.42. The Morgan fingerprint density at radius 3 is 2.62 bits per heavy atom. The van der Waals surface area contributed by atoms with E-state index in [2.05, 4.69) is 4.90 Å². The highest BCUT2D eigenvalue weighted by molar-refractivity contribution is 5.82. The van der Waals surface area contributed by atoms with Gasteiger partial charge in [0.05, 0.1) is 12.1 Å². The molecule has 0 radical (unpaired) electrons. The van der Waals surface area contributed by atoms with Gasteiger partial charge < -0.3 is 20.1 Å². The minimum Gasteiger partial charge on any atom is -0.340 e. The normalized spacial score (nSPS) is 24.3. The van der Waals surface area contributed by atoms with Crippen molar-refractivity contribution in [2.75, 3.05) is 33.7 Å². The van der Waals surface area contributed by atoms with Crippen LogP contribution in [0.3, 0.4) is 0 Å². The van der Waals surface area contributed by atoms with Crippen LogP contribution in [0, 0.1) is 5.92 Å². The number of likely N-dealkylation sites (tertiary alicyclic amines) is 1. The Labute approximate surface area is 171 Å². The molecule has 2 N–H and O–H groups in total. The molecule has 1 amide bonds. The second kappa shape index (κ2) is 8.13. The topological polar surface area (TPSA) is 71.6 Å². The molecule has 154 valence electrons. The van der Waals surface area contributed by atoms with Crippen LogP contribution >= 0.6 is 0 Å². The van der Waals surface area contributed by atoms with Crippen LogP contribution in [0.1, 0.15) is 29.6 Å². The summed E-state index contributed by atoms with van der Waals surface area (Å²) in [5.41, 5.74) is 8.50. The fourth-order valence-electron chi connectivity index (χ4n) is 5.02. The van der Waals surface area contributed by atoms with Gasteiger partial charge in [0.25, 0.3) is 5.56 Å². The largest absolute Gasteiger partial charge is 0.340 e. The molecule has 0 saturated carbocycles. The van der Waals surface area contributed by atoms with Crippen molar-refractivity contribution in [1.29, 1.82) is 0 Å². The van der Waals surface area contributed by atoms with Crippen molar-refractivity contribution in [1.82, 2.24) is 14.4 Å². The van der Waals surface area contributed by atoms with Crippen molar-refractivity contribution in [3.8, 4) is 0 Å². The Kier molecular flexibility index (Phi) is 5.56. The van der Waals surface area contributed by atoms with Gasteiger partial charge in [-0.05, 0) is 44.5 Å². The Bertz CT molecular complexity index is 924. The molecule has 1 aromatic carbocycles.